The molecule has 3 heteroatoms. The zero-order chi connectivity index (χ0) is 13.1. The molecule has 0 aliphatic heterocycles. The molecule has 2 atom stereocenters. The zero-order valence-electron chi connectivity index (χ0n) is 10.9. The first-order valence-electron chi connectivity index (χ1n) is 6.61. The summed E-state index contributed by atoms with van der Waals surface area (Å²) in [7, 11) is 0. The molecule has 0 unspecified atom stereocenters. The summed E-state index contributed by atoms with van der Waals surface area (Å²) in [5, 5.41) is 3.89. The van der Waals surface area contributed by atoms with Crippen molar-refractivity contribution in [3.8, 4) is 0 Å². The lowest BCUT2D eigenvalue weighted by Gasteiger charge is -2.07. The second-order valence-electron chi connectivity index (χ2n) is 5.47. The van der Waals surface area contributed by atoms with Crippen molar-refractivity contribution < 1.29 is 4.79 Å². The van der Waals surface area contributed by atoms with Gasteiger partial charge in [0.1, 0.15) is 0 Å². The van der Waals surface area contributed by atoms with E-state index < -0.39 is 0 Å². The van der Waals surface area contributed by atoms with Crippen LogP contribution in [-0.4, -0.2) is 11.9 Å². The average Bonchev–Trinajstić information content (AvgIpc) is 3.06. The highest BCUT2D eigenvalue weighted by Gasteiger charge is 2.40. The Morgan fingerprint density at radius 3 is 2.83 bits per heavy atom. The lowest BCUT2D eigenvalue weighted by atomic mass is 10.1. The molecule has 1 saturated carbocycles. The molecule has 0 saturated heterocycles. The maximum atomic E-state index is 11.7. The van der Waals surface area contributed by atoms with Gasteiger partial charge in [0, 0.05) is 23.4 Å². The zero-order valence-corrected chi connectivity index (χ0v) is 11.7. The van der Waals surface area contributed by atoms with Crippen LogP contribution in [0.1, 0.15) is 44.6 Å². The number of halogens is 1. The lowest BCUT2D eigenvalue weighted by molar-refractivity contribution is -0.121. The molecule has 0 bridgehead atoms. The van der Waals surface area contributed by atoms with Gasteiger partial charge in [0.15, 0.2) is 0 Å². The van der Waals surface area contributed by atoms with Crippen LogP contribution in [-0.2, 0) is 4.79 Å². The Morgan fingerprint density at radius 1 is 1.44 bits per heavy atom. The molecule has 0 radical (unpaired) electrons. The van der Waals surface area contributed by atoms with Gasteiger partial charge < -0.3 is 5.32 Å². The fourth-order valence-corrected chi connectivity index (χ4v) is 2.45. The van der Waals surface area contributed by atoms with E-state index >= 15 is 0 Å². The molecular formula is C15H20ClNO. The van der Waals surface area contributed by atoms with Crippen LogP contribution in [0.5, 0.6) is 0 Å². The first kappa shape index (κ1) is 13.4. The number of benzene rings is 1. The van der Waals surface area contributed by atoms with Gasteiger partial charge in [-0.3, -0.25) is 4.79 Å². The molecule has 1 aliphatic rings. The smallest absolute Gasteiger partial charge is 0.220 e. The van der Waals surface area contributed by atoms with Crippen LogP contribution in [0.3, 0.4) is 0 Å². The fourth-order valence-electron chi connectivity index (χ4n) is 2.17. The van der Waals surface area contributed by atoms with Crippen LogP contribution in [0.4, 0.5) is 0 Å². The molecular weight excluding hydrogens is 246 g/mol. The number of carbonyl (C=O) groups is 1. The van der Waals surface area contributed by atoms with E-state index in [2.05, 4.69) is 19.2 Å². The summed E-state index contributed by atoms with van der Waals surface area (Å²) in [6.07, 6.45) is 2.59. The van der Waals surface area contributed by atoms with E-state index in [1.165, 1.54) is 0 Å². The molecule has 1 amide bonds. The summed E-state index contributed by atoms with van der Waals surface area (Å²) in [6.45, 7) is 4.27. The Balaban J connectivity index is 1.82. The van der Waals surface area contributed by atoms with Crippen LogP contribution < -0.4 is 5.32 Å². The normalized spacial score (nSPS) is 22.0. The van der Waals surface area contributed by atoms with Crippen molar-refractivity contribution in [3.05, 3.63) is 34.9 Å². The molecule has 2 nitrogen and oxygen atoms in total. The van der Waals surface area contributed by atoms with Crippen molar-refractivity contribution in [2.75, 3.05) is 0 Å². The molecule has 0 aromatic heterocycles. The topological polar surface area (TPSA) is 29.1 Å². The monoisotopic (exact) mass is 265 g/mol. The number of carbonyl (C=O) groups excluding carboxylic acids is 1. The van der Waals surface area contributed by atoms with Crippen LogP contribution in [0.15, 0.2) is 24.3 Å². The summed E-state index contributed by atoms with van der Waals surface area (Å²) in [5.41, 5.74) is 1.16. The van der Waals surface area contributed by atoms with Crippen LogP contribution in [0.2, 0.25) is 5.02 Å². The Bertz CT molecular complexity index is 430. The van der Waals surface area contributed by atoms with Crippen LogP contribution in [0, 0.1) is 5.92 Å². The van der Waals surface area contributed by atoms with E-state index in [9.17, 15) is 4.79 Å². The number of amides is 1. The molecule has 1 aliphatic carbocycles. The minimum absolute atomic E-state index is 0.170. The summed E-state index contributed by atoms with van der Waals surface area (Å²) < 4.78 is 0. The van der Waals surface area contributed by atoms with Crippen LogP contribution in [0.25, 0.3) is 0 Å². The van der Waals surface area contributed by atoms with Gasteiger partial charge >= 0.3 is 0 Å². The van der Waals surface area contributed by atoms with Gasteiger partial charge in [-0.05, 0) is 30.4 Å². The van der Waals surface area contributed by atoms with E-state index in [4.69, 9.17) is 11.6 Å². The number of hydrogen-bond acceptors (Lipinski definition) is 1. The third-order valence-corrected chi connectivity index (χ3v) is 3.73. The van der Waals surface area contributed by atoms with Crippen molar-refractivity contribution in [3.63, 3.8) is 0 Å². The van der Waals surface area contributed by atoms with Crippen molar-refractivity contribution in [2.24, 2.45) is 5.92 Å². The molecule has 1 fully saturated rings. The van der Waals surface area contributed by atoms with Gasteiger partial charge in [-0.2, -0.15) is 0 Å². The van der Waals surface area contributed by atoms with E-state index in [1.807, 2.05) is 24.3 Å². The number of hydrogen-bond donors (Lipinski definition) is 1. The molecule has 1 aromatic carbocycles. The lowest BCUT2D eigenvalue weighted by Crippen LogP contribution is -2.26. The van der Waals surface area contributed by atoms with Gasteiger partial charge in [-0.25, -0.2) is 0 Å². The van der Waals surface area contributed by atoms with E-state index in [-0.39, 0.29) is 11.9 Å². The summed E-state index contributed by atoms with van der Waals surface area (Å²) in [4.78, 5) is 11.7. The molecule has 2 rings (SSSR count). The minimum atomic E-state index is 0.170. The molecule has 18 heavy (non-hydrogen) atoms. The quantitative estimate of drug-likeness (QED) is 0.863. The van der Waals surface area contributed by atoms with Gasteiger partial charge in [-0.15, -0.1) is 0 Å². The number of rotatable bonds is 5. The number of nitrogens with one attached hydrogen (secondary N) is 1. The Kier molecular flexibility index (Phi) is 4.28. The molecule has 0 spiro atoms. The standard InChI is InChI=1S/C15H20ClNO/c1-10(2)7-8-15(18)17-14-9-12(14)11-5-3-4-6-13(11)16/h3-6,10,12,14H,7-9H2,1-2H3,(H,17,18)/t12-,14-/m1/s1. The van der Waals surface area contributed by atoms with Crippen LogP contribution >= 0.6 is 11.6 Å². The first-order chi connectivity index (χ1) is 8.58. The second-order valence-corrected chi connectivity index (χ2v) is 5.88. The van der Waals surface area contributed by atoms with Crippen molar-refractivity contribution >= 4 is 17.5 Å². The highest BCUT2D eigenvalue weighted by molar-refractivity contribution is 6.31. The predicted molar refractivity (Wildman–Crippen MR) is 74.8 cm³/mol. The van der Waals surface area contributed by atoms with Gasteiger partial charge in [0.25, 0.3) is 0 Å². The second kappa shape index (κ2) is 5.75. The van der Waals surface area contributed by atoms with Gasteiger partial charge in [0.2, 0.25) is 5.91 Å². The summed E-state index contributed by atoms with van der Waals surface area (Å²) in [5.74, 6) is 1.15. The third-order valence-electron chi connectivity index (χ3n) is 3.39. The largest absolute Gasteiger partial charge is 0.353 e. The highest BCUT2D eigenvalue weighted by Crippen LogP contribution is 2.43. The summed E-state index contributed by atoms with van der Waals surface area (Å²) >= 11 is 6.15. The van der Waals surface area contributed by atoms with E-state index in [1.54, 1.807) is 0 Å². The fraction of sp³-hybridized carbons (Fsp3) is 0.533. The Hall–Kier alpha value is -1.02. The Labute approximate surface area is 114 Å². The minimum Gasteiger partial charge on any atom is -0.353 e. The maximum Gasteiger partial charge on any atom is 0.220 e. The van der Waals surface area contributed by atoms with E-state index in [0.717, 1.165) is 23.4 Å². The van der Waals surface area contributed by atoms with Crippen molar-refractivity contribution in [2.45, 2.75) is 45.1 Å². The Morgan fingerprint density at radius 2 is 2.17 bits per heavy atom. The van der Waals surface area contributed by atoms with Gasteiger partial charge in [0.05, 0.1) is 0 Å². The highest BCUT2D eigenvalue weighted by atomic mass is 35.5. The average molecular weight is 266 g/mol. The molecule has 1 aromatic rings. The SMILES string of the molecule is CC(C)CCC(=O)N[C@@H]1C[C@@H]1c1ccccc1Cl. The molecule has 98 valence electrons. The first-order valence-corrected chi connectivity index (χ1v) is 6.99. The van der Waals surface area contributed by atoms with Gasteiger partial charge in [-0.1, -0.05) is 43.6 Å². The third kappa shape index (κ3) is 3.49. The van der Waals surface area contributed by atoms with Crippen molar-refractivity contribution in [1.82, 2.24) is 5.32 Å². The molecule has 0 heterocycles. The summed E-state index contributed by atoms with van der Waals surface area (Å²) in [6, 6.07) is 8.17. The predicted octanol–water partition coefficient (Wildman–Crippen LogP) is 3.75. The van der Waals surface area contributed by atoms with Crippen molar-refractivity contribution in [1.29, 1.82) is 0 Å². The molecule has 1 N–H and O–H groups in total. The maximum absolute atomic E-state index is 11.7. The van der Waals surface area contributed by atoms with E-state index in [0.29, 0.717) is 18.3 Å².